The molecule has 0 radical (unpaired) electrons. The molecule has 0 unspecified atom stereocenters. The Balaban J connectivity index is 3.01. The van der Waals surface area contributed by atoms with E-state index in [1.165, 1.54) is 0 Å². The summed E-state index contributed by atoms with van der Waals surface area (Å²) in [5.74, 6) is 0.325. The normalized spacial score (nSPS) is 12.9. The van der Waals surface area contributed by atoms with E-state index in [0.717, 1.165) is 10.0 Å². The summed E-state index contributed by atoms with van der Waals surface area (Å²) in [6.07, 6.45) is 0. The zero-order chi connectivity index (χ0) is 9.14. The van der Waals surface area contributed by atoms with Gasteiger partial charge < -0.3 is 10.4 Å². The molecule has 0 saturated carbocycles. The van der Waals surface area contributed by atoms with Crippen molar-refractivity contribution in [3.05, 3.63) is 28.2 Å². The molecular weight excluding hydrogens is 218 g/mol. The van der Waals surface area contributed by atoms with Crippen molar-refractivity contribution < 1.29 is 5.11 Å². The number of nitrogens with one attached hydrogen (secondary N) is 1. The molecule has 2 nitrogen and oxygen atoms in total. The number of phenolic OH excluding ortho intramolecular Hbond substituents is 1. The first-order valence-corrected chi connectivity index (χ1v) is 4.60. The van der Waals surface area contributed by atoms with Crippen molar-refractivity contribution >= 4 is 15.9 Å². The summed E-state index contributed by atoms with van der Waals surface area (Å²) in [5.41, 5.74) is 0.917. The first kappa shape index (κ1) is 9.55. The molecule has 0 spiro atoms. The molecule has 1 aromatic carbocycles. The first-order valence-electron chi connectivity index (χ1n) is 3.81. The fraction of sp³-hybridized carbons (Fsp3) is 0.333. The lowest BCUT2D eigenvalue weighted by atomic mass is 10.1. The van der Waals surface area contributed by atoms with Gasteiger partial charge in [-0.25, -0.2) is 0 Å². The average molecular weight is 230 g/mol. The Hall–Kier alpha value is -0.540. The van der Waals surface area contributed by atoms with E-state index in [1.807, 2.05) is 26.1 Å². The monoisotopic (exact) mass is 229 g/mol. The number of phenols is 1. The van der Waals surface area contributed by atoms with Crippen LogP contribution in [0.15, 0.2) is 22.7 Å². The van der Waals surface area contributed by atoms with Crippen LogP contribution >= 0.6 is 15.9 Å². The van der Waals surface area contributed by atoms with Gasteiger partial charge in [-0.15, -0.1) is 0 Å². The van der Waals surface area contributed by atoms with E-state index < -0.39 is 0 Å². The lowest BCUT2D eigenvalue weighted by molar-refractivity contribution is 0.457. The molecular formula is C9H12BrNO. The number of hydrogen-bond donors (Lipinski definition) is 2. The van der Waals surface area contributed by atoms with Gasteiger partial charge >= 0.3 is 0 Å². The molecule has 12 heavy (non-hydrogen) atoms. The molecule has 0 heterocycles. The van der Waals surface area contributed by atoms with Gasteiger partial charge in [0.05, 0.1) is 0 Å². The van der Waals surface area contributed by atoms with E-state index >= 15 is 0 Å². The number of halogens is 1. The molecule has 0 fully saturated rings. The molecule has 0 aliphatic carbocycles. The molecule has 0 aliphatic heterocycles. The van der Waals surface area contributed by atoms with Crippen molar-refractivity contribution in [2.75, 3.05) is 7.05 Å². The fourth-order valence-corrected chi connectivity index (χ4v) is 1.39. The van der Waals surface area contributed by atoms with Crippen LogP contribution in [-0.4, -0.2) is 12.2 Å². The van der Waals surface area contributed by atoms with E-state index in [-0.39, 0.29) is 6.04 Å². The number of hydrogen-bond acceptors (Lipinski definition) is 2. The SMILES string of the molecule is CN[C@@H](C)c1ccc(Br)cc1O. The summed E-state index contributed by atoms with van der Waals surface area (Å²) in [5, 5.41) is 12.6. The van der Waals surface area contributed by atoms with Crippen molar-refractivity contribution in [1.82, 2.24) is 5.32 Å². The average Bonchev–Trinajstić information content (AvgIpc) is 2.03. The molecule has 66 valence electrons. The maximum Gasteiger partial charge on any atom is 0.121 e. The highest BCUT2D eigenvalue weighted by molar-refractivity contribution is 9.10. The first-order chi connectivity index (χ1) is 5.65. The van der Waals surface area contributed by atoms with E-state index in [2.05, 4.69) is 21.2 Å². The third-order valence-corrected chi connectivity index (χ3v) is 2.39. The maximum absolute atomic E-state index is 9.52. The Morgan fingerprint density at radius 3 is 2.67 bits per heavy atom. The van der Waals surface area contributed by atoms with Gasteiger partial charge in [-0.3, -0.25) is 0 Å². The van der Waals surface area contributed by atoms with Crippen molar-refractivity contribution in [3.63, 3.8) is 0 Å². The van der Waals surface area contributed by atoms with E-state index in [0.29, 0.717) is 5.75 Å². The Morgan fingerprint density at radius 1 is 1.50 bits per heavy atom. The predicted octanol–water partition coefficient (Wildman–Crippen LogP) is 2.44. The summed E-state index contributed by atoms with van der Waals surface area (Å²) in [4.78, 5) is 0. The van der Waals surface area contributed by atoms with Gasteiger partial charge in [0, 0.05) is 16.1 Å². The van der Waals surface area contributed by atoms with Crippen LogP contribution in [0.5, 0.6) is 5.75 Å². The molecule has 1 aromatic rings. The van der Waals surface area contributed by atoms with E-state index in [9.17, 15) is 5.11 Å². The van der Waals surface area contributed by atoms with Crippen LogP contribution in [0.3, 0.4) is 0 Å². The molecule has 2 N–H and O–H groups in total. The van der Waals surface area contributed by atoms with Crippen LogP contribution in [0.1, 0.15) is 18.5 Å². The van der Waals surface area contributed by atoms with E-state index in [1.54, 1.807) is 6.07 Å². The fourth-order valence-electron chi connectivity index (χ4n) is 1.04. The van der Waals surface area contributed by atoms with Crippen molar-refractivity contribution in [1.29, 1.82) is 0 Å². The minimum Gasteiger partial charge on any atom is -0.508 e. The molecule has 1 atom stereocenters. The standard InChI is InChI=1S/C9H12BrNO/c1-6(11-2)8-4-3-7(10)5-9(8)12/h3-6,11-12H,1-2H3/t6-/m0/s1. The summed E-state index contributed by atoms with van der Waals surface area (Å²) >= 11 is 3.29. The third-order valence-electron chi connectivity index (χ3n) is 1.89. The number of benzene rings is 1. The molecule has 0 aliphatic rings. The molecule has 3 heteroatoms. The number of rotatable bonds is 2. The van der Waals surface area contributed by atoms with Gasteiger partial charge in [-0.05, 0) is 26.1 Å². The zero-order valence-electron chi connectivity index (χ0n) is 7.13. The lowest BCUT2D eigenvalue weighted by Gasteiger charge is -2.12. The lowest BCUT2D eigenvalue weighted by Crippen LogP contribution is -2.12. The summed E-state index contributed by atoms with van der Waals surface area (Å²) in [7, 11) is 1.87. The van der Waals surface area contributed by atoms with Crippen LogP contribution in [0.2, 0.25) is 0 Å². The van der Waals surface area contributed by atoms with Crippen LogP contribution < -0.4 is 5.32 Å². The largest absolute Gasteiger partial charge is 0.508 e. The Morgan fingerprint density at radius 2 is 2.17 bits per heavy atom. The Labute approximate surface area is 80.7 Å². The van der Waals surface area contributed by atoms with Crippen LogP contribution in [0, 0.1) is 0 Å². The maximum atomic E-state index is 9.52. The van der Waals surface area contributed by atoms with Gasteiger partial charge in [0.25, 0.3) is 0 Å². The second-order valence-corrected chi connectivity index (χ2v) is 3.63. The zero-order valence-corrected chi connectivity index (χ0v) is 8.72. The molecule has 0 amide bonds. The minimum atomic E-state index is 0.179. The van der Waals surface area contributed by atoms with Gasteiger partial charge in [-0.2, -0.15) is 0 Å². The highest BCUT2D eigenvalue weighted by Gasteiger charge is 2.07. The second kappa shape index (κ2) is 3.92. The van der Waals surface area contributed by atoms with Crippen LogP contribution in [0.4, 0.5) is 0 Å². The smallest absolute Gasteiger partial charge is 0.121 e. The van der Waals surface area contributed by atoms with Crippen LogP contribution in [0.25, 0.3) is 0 Å². The van der Waals surface area contributed by atoms with Crippen molar-refractivity contribution in [2.45, 2.75) is 13.0 Å². The van der Waals surface area contributed by atoms with Crippen molar-refractivity contribution in [3.8, 4) is 5.75 Å². The third kappa shape index (κ3) is 1.99. The highest BCUT2D eigenvalue weighted by Crippen LogP contribution is 2.26. The quantitative estimate of drug-likeness (QED) is 0.817. The number of aromatic hydroxyl groups is 1. The summed E-state index contributed by atoms with van der Waals surface area (Å²) in [6.45, 7) is 2.00. The van der Waals surface area contributed by atoms with Gasteiger partial charge in [0.1, 0.15) is 5.75 Å². The highest BCUT2D eigenvalue weighted by atomic mass is 79.9. The van der Waals surface area contributed by atoms with Gasteiger partial charge in [0.15, 0.2) is 0 Å². The van der Waals surface area contributed by atoms with E-state index in [4.69, 9.17) is 0 Å². The van der Waals surface area contributed by atoms with Gasteiger partial charge in [0.2, 0.25) is 0 Å². The second-order valence-electron chi connectivity index (χ2n) is 2.71. The van der Waals surface area contributed by atoms with Crippen molar-refractivity contribution in [2.24, 2.45) is 0 Å². The van der Waals surface area contributed by atoms with Crippen LogP contribution in [-0.2, 0) is 0 Å². The predicted molar refractivity (Wildman–Crippen MR) is 53.3 cm³/mol. The Kier molecular flexibility index (Phi) is 3.12. The molecule has 0 bridgehead atoms. The summed E-state index contributed by atoms with van der Waals surface area (Å²) in [6, 6.07) is 5.70. The molecule has 1 rings (SSSR count). The Bertz CT molecular complexity index is 275. The topological polar surface area (TPSA) is 32.3 Å². The molecule has 0 aromatic heterocycles. The molecule has 0 saturated heterocycles. The summed E-state index contributed by atoms with van der Waals surface area (Å²) < 4.78 is 0.895. The minimum absolute atomic E-state index is 0.179. The van der Waals surface area contributed by atoms with Gasteiger partial charge in [-0.1, -0.05) is 22.0 Å².